The summed E-state index contributed by atoms with van der Waals surface area (Å²) in [5.41, 5.74) is 16.0. The topological polar surface area (TPSA) is 3.24 Å². The van der Waals surface area contributed by atoms with Crippen LogP contribution in [0.3, 0.4) is 0 Å². The second-order valence-electron chi connectivity index (χ2n) is 15.7. The van der Waals surface area contributed by atoms with Crippen molar-refractivity contribution in [1.82, 2.24) is 0 Å². The molecule has 0 saturated heterocycles. The molecule has 0 N–H and O–H groups in total. The Kier molecular flexibility index (Phi) is 7.77. The fourth-order valence-corrected chi connectivity index (χ4v) is 10.3. The van der Waals surface area contributed by atoms with E-state index in [0.717, 1.165) is 17.1 Å². The first-order valence-electron chi connectivity index (χ1n) is 19.8. The minimum Gasteiger partial charge on any atom is -0.310 e. The number of fused-ring (bicyclic) bond motifs is 7. The molecule has 0 unspecified atom stereocenters. The lowest BCUT2D eigenvalue weighted by Gasteiger charge is -2.29. The summed E-state index contributed by atoms with van der Waals surface area (Å²) in [7, 11) is 0. The predicted molar refractivity (Wildman–Crippen MR) is 245 cm³/mol. The number of anilines is 3. The van der Waals surface area contributed by atoms with Crippen molar-refractivity contribution in [1.29, 1.82) is 0 Å². The van der Waals surface area contributed by atoms with Crippen LogP contribution in [0.4, 0.5) is 17.1 Å². The third kappa shape index (κ3) is 5.51. The number of benzene rings is 9. The van der Waals surface area contributed by atoms with Crippen molar-refractivity contribution < 1.29 is 0 Å². The number of nitrogens with zero attached hydrogens (tertiary/aromatic N) is 1. The summed E-state index contributed by atoms with van der Waals surface area (Å²) in [5, 5.41) is 5.13. The van der Waals surface area contributed by atoms with E-state index in [1.165, 1.54) is 86.6 Å². The molecule has 1 aliphatic rings. The van der Waals surface area contributed by atoms with Gasteiger partial charge >= 0.3 is 0 Å². The Morgan fingerprint density at radius 1 is 0.386 bits per heavy atom. The van der Waals surface area contributed by atoms with Crippen molar-refractivity contribution in [3.8, 4) is 44.5 Å². The molecule has 0 bridgehead atoms. The monoisotopic (exact) mass is 745 g/mol. The van der Waals surface area contributed by atoms with Gasteiger partial charge in [0.05, 0.1) is 0 Å². The molecule has 1 nitrogen and oxygen atoms in total. The third-order valence-electron chi connectivity index (χ3n) is 12.1. The number of hydrogen-bond acceptors (Lipinski definition) is 2. The zero-order valence-electron chi connectivity index (χ0n) is 31.9. The average molecular weight is 746 g/mol. The summed E-state index contributed by atoms with van der Waals surface area (Å²) in [4.78, 5) is 2.44. The quantitative estimate of drug-likeness (QED) is 0.164. The van der Waals surface area contributed by atoms with Crippen molar-refractivity contribution in [2.24, 2.45) is 0 Å². The highest BCUT2D eigenvalue weighted by Crippen LogP contribution is 2.51. The van der Waals surface area contributed by atoms with Crippen LogP contribution < -0.4 is 4.90 Å². The smallest absolute Gasteiger partial charge is 0.0467 e. The van der Waals surface area contributed by atoms with E-state index in [0.29, 0.717) is 0 Å². The average Bonchev–Trinajstić information content (AvgIpc) is 3.76. The Hall–Kier alpha value is -6.74. The van der Waals surface area contributed by atoms with Gasteiger partial charge in [-0.15, -0.1) is 11.3 Å². The molecular formula is C55H39NS. The van der Waals surface area contributed by atoms with Gasteiger partial charge in [0.25, 0.3) is 0 Å². The third-order valence-corrected chi connectivity index (χ3v) is 13.2. The van der Waals surface area contributed by atoms with Gasteiger partial charge in [0.15, 0.2) is 0 Å². The maximum Gasteiger partial charge on any atom is 0.0467 e. The molecule has 0 radical (unpaired) electrons. The molecule has 57 heavy (non-hydrogen) atoms. The van der Waals surface area contributed by atoms with Crippen molar-refractivity contribution >= 4 is 59.3 Å². The summed E-state index contributed by atoms with van der Waals surface area (Å²) >= 11 is 1.88. The molecular weight excluding hydrogens is 707 g/mol. The normalized spacial score (nSPS) is 12.9. The van der Waals surface area contributed by atoms with Gasteiger partial charge in [-0.2, -0.15) is 0 Å². The van der Waals surface area contributed by atoms with Gasteiger partial charge in [0.2, 0.25) is 0 Å². The van der Waals surface area contributed by atoms with E-state index in [4.69, 9.17) is 0 Å². The zero-order valence-corrected chi connectivity index (χ0v) is 32.7. The number of thiophene rings is 1. The molecule has 0 saturated carbocycles. The second-order valence-corrected chi connectivity index (χ2v) is 16.8. The molecule has 0 amide bonds. The van der Waals surface area contributed by atoms with E-state index in [1.54, 1.807) is 0 Å². The first-order valence-corrected chi connectivity index (χ1v) is 20.6. The maximum atomic E-state index is 2.44. The Labute approximate surface area is 337 Å². The predicted octanol–water partition coefficient (Wildman–Crippen LogP) is 16.0. The SMILES string of the molecule is CC1(C)c2ccccc2-c2ccc(N(c3ccc(-c4ccccc4)cc3)c3cccc(-c4ccc5sc6ccccc6c5c4-c4ccc5ccccc5c4)c3)cc21. The molecule has 0 atom stereocenters. The molecule has 9 aromatic carbocycles. The highest BCUT2D eigenvalue weighted by molar-refractivity contribution is 7.26. The minimum atomic E-state index is -0.111. The Balaban J connectivity index is 1.11. The Bertz CT molecular complexity index is 3150. The molecule has 2 heteroatoms. The summed E-state index contributed by atoms with van der Waals surface area (Å²) < 4.78 is 2.62. The molecule has 1 aliphatic carbocycles. The second kappa shape index (κ2) is 13.2. The lowest BCUT2D eigenvalue weighted by Crippen LogP contribution is -2.16. The van der Waals surface area contributed by atoms with Crippen molar-refractivity contribution in [2.45, 2.75) is 19.3 Å². The van der Waals surface area contributed by atoms with E-state index in [-0.39, 0.29) is 5.41 Å². The van der Waals surface area contributed by atoms with Crippen LogP contribution in [0.15, 0.2) is 200 Å². The van der Waals surface area contributed by atoms with Crippen LogP contribution >= 0.6 is 11.3 Å². The van der Waals surface area contributed by atoms with Gasteiger partial charge in [-0.3, -0.25) is 0 Å². The largest absolute Gasteiger partial charge is 0.310 e. The fraction of sp³-hybridized carbons (Fsp3) is 0.0545. The van der Waals surface area contributed by atoms with Crippen LogP contribution in [0.5, 0.6) is 0 Å². The minimum absolute atomic E-state index is 0.111. The van der Waals surface area contributed by atoms with Gasteiger partial charge < -0.3 is 4.90 Å². The lowest BCUT2D eigenvalue weighted by atomic mass is 9.82. The van der Waals surface area contributed by atoms with Gasteiger partial charge in [-0.1, -0.05) is 159 Å². The van der Waals surface area contributed by atoms with E-state index in [9.17, 15) is 0 Å². The van der Waals surface area contributed by atoms with Crippen molar-refractivity contribution in [2.75, 3.05) is 4.90 Å². The summed E-state index contributed by atoms with van der Waals surface area (Å²) in [6.45, 7) is 4.72. The van der Waals surface area contributed by atoms with E-state index in [2.05, 4.69) is 219 Å². The van der Waals surface area contributed by atoms with Gasteiger partial charge in [0.1, 0.15) is 0 Å². The van der Waals surface area contributed by atoms with Crippen LogP contribution in [-0.4, -0.2) is 0 Å². The maximum absolute atomic E-state index is 2.44. The lowest BCUT2D eigenvalue weighted by molar-refractivity contribution is 0.660. The van der Waals surface area contributed by atoms with Crippen LogP contribution in [-0.2, 0) is 5.41 Å². The highest BCUT2D eigenvalue weighted by atomic mass is 32.1. The fourth-order valence-electron chi connectivity index (χ4n) is 9.23. The molecule has 0 aliphatic heterocycles. The number of hydrogen-bond donors (Lipinski definition) is 0. The van der Waals surface area contributed by atoms with Crippen molar-refractivity contribution in [3.63, 3.8) is 0 Å². The molecule has 0 spiro atoms. The van der Waals surface area contributed by atoms with Crippen LogP contribution in [0.25, 0.3) is 75.5 Å². The standard InChI is InChI=1S/C55H39NS/c1-55(2)49-21-10-8-19-46(49)47-30-29-44(35-50(47)55)56(42-27-25-38(26-28-42)36-13-4-3-5-14-36)43-18-12-17-40(34-43)45-31-32-52-54(48-20-9-11-22-51(48)57-52)53(45)41-24-23-37-15-6-7-16-39(37)33-41/h3-35H,1-2H3. The van der Waals surface area contributed by atoms with Crippen LogP contribution in [0, 0.1) is 0 Å². The van der Waals surface area contributed by atoms with E-state index < -0.39 is 0 Å². The summed E-state index contributed by atoms with van der Waals surface area (Å²) in [5.74, 6) is 0. The van der Waals surface area contributed by atoms with Gasteiger partial charge in [-0.25, -0.2) is 0 Å². The zero-order chi connectivity index (χ0) is 38.1. The van der Waals surface area contributed by atoms with E-state index in [1.807, 2.05) is 11.3 Å². The van der Waals surface area contributed by atoms with Crippen LogP contribution in [0.1, 0.15) is 25.0 Å². The van der Waals surface area contributed by atoms with Gasteiger partial charge in [0, 0.05) is 42.6 Å². The summed E-state index contributed by atoms with van der Waals surface area (Å²) in [6.07, 6.45) is 0. The molecule has 0 fully saturated rings. The highest BCUT2D eigenvalue weighted by Gasteiger charge is 2.35. The van der Waals surface area contributed by atoms with Crippen LogP contribution in [0.2, 0.25) is 0 Å². The van der Waals surface area contributed by atoms with Crippen molar-refractivity contribution in [3.05, 3.63) is 211 Å². The van der Waals surface area contributed by atoms with E-state index >= 15 is 0 Å². The van der Waals surface area contributed by atoms with Gasteiger partial charge in [-0.05, 0) is 121 Å². The molecule has 270 valence electrons. The number of rotatable bonds is 6. The first-order chi connectivity index (χ1) is 28.0. The molecule has 11 rings (SSSR count). The Morgan fingerprint density at radius 2 is 1.04 bits per heavy atom. The Morgan fingerprint density at radius 3 is 1.91 bits per heavy atom. The molecule has 1 heterocycles. The first kappa shape index (κ1) is 33.6. The summed E-state index contributed by atoms with van der Waals surface area (Å²) in [6, 6.07) is 73.9. The molecule has 10 aromatic rings. The molecule has 1 aromatic heterocycles.